The topological polar surface area (TPSA) is 85.2 Å². The zero-order valence-electron chi connectivity index (χ0n) is 16.9. The van der Waals surface area contributed by atoms with Crippen LogP contribution < -0.4 is 5.73 Å². The van der Waals surface area contributed by atoms with Crippen LogP contribution in [0.2, 0.25) is 0 Å². The minimum Gasteiger partial charge on any atom is -0.342 e. The lowest BCUT2D eigenvalue weighted by atomic mass is 10.00. The van der Waals surface area contributed by atoms with Gasteiger partial charge in [0.25, 0.3) is 11.6 Å². The fourth-order valence-corrected chi connectivity index (χ4v) is 3.13. The van der Waals surface area contributed by atoms with Crippen LogP contribution in [0.1, 0.15) is 80.5 Å². The molecule has 2 aromatic rings. The molecule has 1 unspecified atom stereocenters. The molecule has 2 N–H and O–H groups in total. The minimum absolute atomic E-state index is 0. The third-order valence-electron chi connectivity index (χ3n) is 5.27. The molecule has 3 rings (SSSR count). The van der Waals surface area contributed by atoms with Crippen molar-refractivity contribution in [1.29, 1.82) is 0 Å². The molecule has 0 aliphatic heterocycles. The van der Waals surface area contributed by atoms with E-state index in [1.54, 1.807) is 4.90 Å². The van der Waals surface area contributed by atoms with E-state index in [0.717, 1.165) is 36.0 Å². The van der Waals surface area contributed by atoms with Crippen LogP contribution in [0.4, 0.5) is 0 Å². The molecule has 1 aliphatic rings. The number of amides is 1. The number of hydrogen-bond donors (Lipinski definition) is 1. The molecule has 1 amide bonds. The lowest BCUT2D eigenvalue weighted by molar-refractivity contribution is 0.0791. The SMILES string of the molecule is CC(C)c1noc2nc(C3CC3)cc(C(=O)N(C)CCC(N)C(C)C)c12.Cl. The molecule has 2 heterocycles. The third kappa shape index (κ3) is 4.61. The van der Waals surface area contributed by atoms with E-state index in [-0.39, 0.29) is 30.3 Å². The van der Waals surface area contributed by atoms with E-state index in [0.29, 0.717) is 29.7 Å². The summed E-state index contributed by atoms with van der Waals surface area (Å²) in [4.78, 5) is 19.6. The quantitative estimate of drug-likeness (QED) is 0.764. The lowest BCUT2D eigenvalue weighted by Crippen LogP contribution is -2.34. The van der Waals surface area contributed by atoms with Gasteiger partial charge in [-0.1, -0.05) is 32.9 Å². The fraction of sp³-hybridized carbons (Fsp3) is 0.650. The molecule has 7 heteroatoms. The predicted octanol–water partition coefficient (Wildman–Crippen LogP) is 4.09. The largest absolute Gasteiger partial charge is 0.342 e. The highest BCUT2D eigenvalue weighted by Crippen LogP contribution is 2.41. The Morgan fingerprint density at radius 1 is 1.33 bits per heavy atom. The molecule has 6 nitrogen and oxygen atoms in total. The standard InChI is InChI=1S/C20H30N4O2.ClH/c1-11(2)15(21)8-9-24(5)20(25)14-10-16(13-6-7-13)22-19-17(14)18(12(3)4)23-26-19;/h10-13,15H,6-9,21H2,1-5H3;1H. The summed E-state index contributed by atoms with van der Waals surface area (Å²) in [5.74, 6) is 0.993. The van der Waals surface area contributed by atoms with Crippen molar-refractivity contribution in [2.24, 2.45) is 11.7 Å². The van der Waals surface area contributed by atoms with Crippen molar-refractivity contribution in [2.75, 3.05) is 13.6 Å². The van der Waals surface area contributed by atoms with Gasteiger partial charge in [-0.15, -0.1) is 12.4 Å². The summed E-state index contributed by atoms with van der Waals surface area (Å²) < 4.78 is 5.48. The molecule has 1 saturated carbocycles. The second-order valence-corrected chi connectivity index (χ2v) is 8.19. The summed E-state index contributed by atoms with van der Waals surface area (Å²) in [6, 6.07) is 2.04. The first-order chi connectivity index (χ1) is 12.3. The predicted molar refractivity (Wildman–Crippen MR) is 110 cm³/mol. The number of carbonyl (C=O) groups is 1. The van der Waals surface area contributed by atoms with Gasteiger partial charge in [-0.2, -0.15) is 0 Å². The third-order valence-corrected chi connectivity index (χ3v) is 5.27. The Bertz CT molecular complexity index is 799. The van der Waals surface area contributed by atoms with Crippen LogP contribution in [0.3, 0.4) is 0 Å². The fourth-order valence-electron chi connectivity index (χ4n) is 3.13. The Hall–Kier alpha value is -1.66. The number of carbonyl (C=O) groups excluding carboxylic acids is 1. The van der Waals surface area contributed by atoms with Gasteiger partial charge in [0.1, 0.15) is 0 Å². The van der Waals surface area contributed by atoms with Gasteiger partial charge in [0, 0.05) is 31.2 Å². The van der Waals surface area contributed by atoms with Crippen LogP contribution in [0.15, 0.2) is 10.6 Å². The highest BCUT2D eigenvalue weighted by atomic mass is 35.5. The number of halogens is 1. The van der Waals surface area contributed by atoms with E-state index in [4.69, 9.17) is 10.3 Å². The van der Waals surface area contributed by atoms with E-state index in [9.17, 15) is 4.79 Å². The van der Waals surface area contributed by atoms with Crippen LogP contribution in [-0.2, 0) is 0 Å². The van der Waals surface area contributed by atoms with E-state index < -0.39 is 0 Å². The van der Waals surface area contributed by atoms with Crippen molar-refractivity contribution in [3.05, 3.63) is 23.0 Å². The normalized spacial score (nSPS) is 15.3. The Morgan fingerprint density at radius 2 is 2.00 bits per heavy atom. The highest BCUT2D eigenvalue weighted by Gasteiger charge is 2.30. The first-order valence-corrected chi connectivity index (χ1v) is 9.60. The molecule has 2 aromatic heterocycles. The zero-order chi connectivity index (χ0) is 19.0. The Kier molecular flexibility index (Phi) is 6.87. The zero-order valence-corrected chi connectivity index (χ0v) is 17.7. The summed E-state index contributed by atoms with van der Waals surface area (Å²) >= 11 is 0. The number of nitrogens with zero attached hydrogens (tertiary/aromatic N) is 3. The Labute approximate surface area is 167 Å². The van der Waals surface area contributed by atoms with Gasteiger partial charge in [0.2, 0.25) is 0 Å². The molecule has 0 radical (unpaired) electrons. The monoisotopic (exact) mass is 394 g/mol. The molecule has 1 fully saturated rings. The molecular weight excluding hydrogens is 364 g/mol. The second-order valence-electron chi connectivity index (χ2n) is 8.19. The van der Waals surface area contributed by atoms with Gasteiger partial charge in [0.15, 0.2) is 0 Å². The van der Waals surface area contributed by atoms with Crippen molar-refractivity contribution >= 4 is 29.4 Å². The number of hydrogen-bond acceptors (Lipinski definition) is 5. The number of fused-ring (bicyclic) bond motifs is 1. The maximum absolute atomic E-state index is 13.2. The highest BCUT2D eigenvalue weighted by molar-refractivity contribution is 6.06. The van der Waals surface area contributed by atoms with E-state index in [2.05, 4.69) is 24.0 Å². The minimum atomic E-state index is -0.0136. The first-order valence-electron chi connectivity index (χ1n) is 9.60. The number of nitrogens with two attached hydrogens (primary N) is 1. The summed E-state index contributed by atoms with van der Waals surface area (Å²) in [5.41, 5.74) is 9.02. The Balaban J connectivity index is 0.00000261. The van der Waals surface area contributed by atoms with Crippen molar-refractivity contribution in [3.63, 3.8) is 0 Å². The second kappa shape index (κ2) is 8.57. The van der Waals surface area contributed by atoms with Crippen molar-refractivity contribution in [2.45, 2.75) is 64.8 Å². The number of aromatic nitrogens is 2. The van der Waals surface area contributed by atoms with Gasteiger partial charge in [-0.05, 0) is 37.2 Å². The number of pyridine rings is 1. The number of rotatable bonds is 7. The molecule has 0 bridgehead atoms. The van der Waals surface area contributed by atoms with Crippen molar-refractivity contribution in [1.82, 2.24) is 15.0 Å². The van der Waals surface area contributed by atoms with Crippen molar-refractivity contribution in [3.8, 4) is 0 Å². The maximum atomic E-state index is 13.2. The van der Waals surface area contributed by atoms with Crippen LogP contribution in [-0.4, -0.2) is 40.6 Å². The lowest BCUT2D eigenvalue weighted by Gasteiger charge is -2.22. The molecule has 1 atom stereocenters. The van der Waals surface area contributed by atoms with E-state index in [1.807, 2.05) is 27.0 Å². The van der Waals surface area contributed by atoms with Gasteiger partial charge < -0.3 is 15.2 Å². The van der Waals surface area contributed by atoms with Gasteiger partial charge >= 0.3 is 0 Å². The van der Waals surface area contributed by atoms with Crippen molar-refractivity contribution < 1.29 is 9.32 Å². The van der Waals surface area contributed by atoms with Crippen LogP contribution in [0, 0.1) is 5.92 Å². The Morgan fingerprint density at radius 3 is 2.56 bits per heavy atom. The summed E-state index contributed by atoms with van der Waals surface area (Å²) in [6.45, 7) is 8.93. The summed E-state index contributed by atoms with van der Waals surface area (Å²) in [5, 5.41) is 4.95. The molecule has 0 aromatic carbocycles. The molecule has 27 heavy (non-hydrogen) atoms. The average Bonchev–Trinajstić information content (AvgIpc) is 3.36. The molecule has 0 spiro atoms. The molecular formula is C20H31ClN4O2. The maximum Gasteiger partial charge on any atom is 0.259 e. The average molecular weight is 395 g/mol. The van der Waals surface area contributed by atoms with E-state index in [1.165, 1.54) is 0 Å². The van der Waals surface area contributed by atoms with Crippen LogP contribution in [0.5, 0.6) is 0 Å². The summed E-state index contributed by atoms with van der Waals surface area (Å²) in [7, 11) is 1.83. The van der Waals surface area contributed by atoms with Gasteiger partial charge in [0.05, 0.1) is 16.6 Å². The van der Waals surface area contributed by atoms with Crippen LogP contribution in [0.25, 0.3) is 11.1 Å². The van der Waals surface area contributed by atoms with E-state index >= 15 is 0 Å². The molecule has 1 aliphatic carbocycles. The van der Waals surface area contributed by atoms with Gasteiger partial charge in [-0.3, -0.25) is 4.79 Å². The molecule has 0 saturated heterocycles. The smallest absolute Gasteiger partial charge is 0.259 e. The molecule has 150 valence electrons. The summed E-state index contributed by atoms with van der Waals surface area (Å²) in [6.07, 6.45) is 3.02. The first kappa shape index (κ1) is 21.6. The van der Waals surface area contributed by atoms with Crippen LogP contribution >= 0.6 is 12.4 Å². The van der Waals surface area contributed by atoms with Gasteiger partial charge in [-0.25, -0.2) is 4.98 Å².